The van der Waals surface area contributed by atoms with Crippen molar-refractivity contribution in [2.45, 2.75) is 31.2 Å². The highest BCUT2D eigenvalue weighted by Gasteiger charge is 2.44. The summed E-state index contributed by atoms with van der Waals surface area (Å²) >= 11 is 1.93. The molecule has 2 aliphatic rings. The molecule has 6 aromatic carbocycles. The number of fused-ring (bicyclic) bond motifs is 15. The molecule has 13 aromatic rings. The molecule has 15 rings (SSSR count). The summed E-state index contributed by atoms with van der Waals surface area (Å²) < 4.78 is 7.48. The second kappa shape index (κ2) is 13.7. The van der Waals surface area contributed by atoms with Gasteiger partial charge in [-0.25, -0.2) is 0 Å². The van der Waals surface area contributed by atoms with Gasteiger partial charge in [0.05, 0.1) is 32.5 Å². The Balaban J connectivity index is 1.10. The standard InChI is InChI=1S/C61H40N6S/c1-60(48-15-7-3-11-38(48)39-12-4-8-16-49(39)60)37-29-43-42-27-36(35-66-53-19-23-62-31-44(53)45-32-63-24-20-54(45)66)28-52(61(2)50-17-9-5-13-40(50)41-14-6-10-18-51(41)61)58(42)68-59(43)57(30-37)67-55-21-25-64-33-46(55)47-34-65-26-22-56(47)67/h3-34H,35H2,1-2H3. The summed E-state index contributed by atoms with van der Waals surface area (Å²) in [6.07, 6.45) is 15.6. The van der Waals surface area contributed by atoms with Crippen LogP contribution in [0.15, 0.2) is 195 Å². The molecule has 320 valence electrons. The fraction of sp³-hybridized carbons (Fsp3) is 0.0820. The fourth-order valence-corrected chi connectivity index (χ4v) is 13.9. The van der Waals surface area contributed by atoms with Crippen LogP contribution in [0, 0.1) is 0 Å². The molecule has 0 unspecified atom stereocenters. The molecular formula is C61H40N6S. The van der Waals surface area contributed by atoms with E-state index in [0.29, 0.717) is 6.54 Å². The van der Waals surface area contributed by atoms with Crippen molar-refractivity contribution in [1.29, 1.82) is 0 Å². The second-order valence-corrected chi connectivity index (χ2v) is 19.9. The summed E-state index contributed by atoms with van der Waals surface area (Å²) in [7, 11) is 0. The predicted molar refractivity (Wildman–Crippen MR) is 278 cm³/mol. The zero-order valence-corrected chi connectivity index (χ0v) is 38.1. The van der Waals surface area contributed by atoms with Gasteiger partial charge in [0.2, 0.25) is 0 Å². The molecule has 0 radical (unpaired) electrons. The third-order valence-corrected chi connectivity index (χ3v) is 17.0. The van der Waals surface area contributed by atoms with Gasteiger partial charge in [0, 0.05) is 104 Å². The Kier molecular flexibility index (Phi) is 7.61. The van der Waals surface area contributed by atoms with Gasteiger partial charge in [0.15, 0.2) is 0 Å². The minimum atomic E-state index is -0.445. The van der Waals surface area contributed by atoms with Crippen LogP contribution in [0.1, 0.15) is 52.8 Å². The van der Waals surface area contributed by atoms with Crippen molar-refractivity contribution in [3.63, 3.8) is 0 Å². The SMILES string of the molecule is CC1(c2cc(-n3c4ccncc4c4cnccc43)c3sc4c(C5(C)c6ccccc6-c6ccccc65)cc(Cn5c6ccncc6c6cnccc65)cc4c3c2)c2ccccc2-c2ccccc21. The van der Waals surface area contributed by atoms with Crippen LogP contribution in [0.5, 0.6) is 0 Å². The minimum absolute atomic E-state index is 0.437. The average molecular weight is 889 g/mol. The first-order chi connectivity index (χ1) is 33.5. The lowest BCUT2D eigenvalue weighted by Crippen LogP contribution is -2.23. The molecule has 0 atom stereocenters. The first-order valence-electron chi connectivity index (χ1n) is 23.3. The Hall–Kier alpha value is -8.26. The van der Waals surface area contributed by atoms with E-state index in [2.05, 4.69) is 189 Å². The fourth-order valence-electron chi connectivity index (χ4n) is 12.6. The quantitative estimate of drug-likeness (QED) is 0.173. The highest BCUT2D eigenvalue weighted by atomic mass is 32.1. The molecule has 6 nitrogen and oxygen atoms in total. The van der Waals surface area contributed by atoms with Gasteiger partial charge < -0.3 is 9.13 Å². The molecule has 0 spiro atoms. The van der Waals surface area contributed by atoms with Crippen molar-refractivity contribution in [1.82, 2.24) is 29.1 Å². The largest absolute Gasteiger partial charge is 0.336 e. The van der Waals surface area contributed by atoms with Crippen LogP contribution in [0.3, 0.4) is 0 Å². The van der Waals surface area contributed by atoms with Gasteiger partial charge in [0.25, 0.3) is 0 Å². The van der Waals surface area contributed by atoms with E-state index in [9.17, 15) is 0 Å². The maximum Gasteiger partial charge on any atom is 0.0644 e. The van der Waals surface area contributed by atoms with Gasteiger partial charge in [-0.3, -0.25) is 19.9 Å². The van der Waals surface area contributed by atoms with E-state index in [1.165, 1.54) is 81.4 Å². The number of aromatic nitrogens is 6. The van der Waals surface area contributed by atoms with Crippen molar-refractivity contribution >= 4 is 75.1 Å². The molecule has 2 aliphatic carbocycles. The van der Waals surface area contributed by atoms with Gasteiger partial charge in [-0.05, 0) is 118 Å². The summed E-state index contributed by atoms with van der Waals surface area (Å²) in [4.78, 5) is 18.4. The first-order valence-corrected chi connectivity index (χ1v) is 24.1. The number of rotatable bonds is 5. The molecule has 0 saturated heterocycles. The molecular weight excluding hydrogens is 849 g/mol. The number of hydrogen-bond donors (Lipinski definition) is 0. The van der Waals surface area contributed by atoms with E-state index in [1.54, 1.807) is 0 Å². The summed E-state index contributed by atoms with van der Waals surface area (Å²) in [5, 5.41) is 6.91. The van der Waals surface area contributed by atoms with Crippen molar-refractivity contribution in [3.05, 3.63) is 234 Å². The van der Waals surface area contributed by atoms with Crippen molar-refractivity contribution in [3.8, 4) is 27.9 Å². The molecule has 0 amide bonds. The molecule has 0 fully saturated rings. The van der Waals surface area contributed by atoms with Crippen molar-refractivity contribution in [2.24, 2.45) is 0 Å². The zero-order chi connectivity index (χ0) is 44.9. The van der Waals surface area contributed by atoms with Gasteiger partial charge >= 0.3 is 0 Å². The van der Waals surface area contributed by atoms with Crippen LogP contribution < -0.4 is 0 Å². The van der Waals surface area contributed by atoms with Crippen LogP contribution in [0.4, 0.5) is 0 Å². The lowest BCUT2D eigenvalue weighted by molar-refractivity contribution is 0.714. The number of hydrogen-bond acceptors (Lipinski definition) is 5. The van der Waals surface area contributed by atoms with Gasteiger partial charge in [0.1, 0.15) is 0 Å². The van der Waals surface area contributed by atoms with Crippen LogP contribution >= 0.6 is 11.3 Å². The maximum absolute atomic E-state index is 4.64. The minimum Gasteiger partial charge on any atom is -0.336 e. The molecule has 0 bridgehead atoms. The van der Waals surface area contributed by atoms with E-state index >= 15 is 0 Å². The van der Waals surface area contributed by atoms with E-state index in [-0.39, 0.29) is 0 Å². The highest BCUT2D eigenvalue weighted by molar-refractivity contribution is 7.26. The molecule has 68 heavy (non-hydrogen) atoms. The van der Waals surface area contributed by atoms with Gasteiger partial charge in [-0.1, -0.05) is 103 Å². The third kappa shape index (κ3) is 4.85. The Morgan fingerprint density at radius 3 is 1.34 bits per heavy atom. The zero-order valence-electron chi connectivity index (χ0n) is 37.3. The summed E-state index contributed by atoms with van der Waals surface area (Å²) in [6, 6.07) is 54.8. The number of pyridine rings is 4. The van der Waals surface area contributed by atoms with Gasteiger partial charge in [-0.2, -0.15) is 0 Å². The number of nitrogens with zero attached hydrogens (tertiary/aromatic N) is 6. The van der Waals surface area contributed by atoms with Crippen LogP contribution in [-0.4, -0.2) is 29.1 Å². The predicted octanol–water partition coefficient (Wildman–Crippen LogP) is 14.6. The highest BCUT2D eigenvalue weighted by Crippen LogP contribution is 2.58. The lowest BCUT2D eigenvalue weighted by atomic mass is 9.73. The molecule has 0 aliphatic heterocycles. The summed E-state index contributed by atoms with van der Waals surface area (Å²) in [5.41, 5.74) is 19.1. The molecule has 0 N–H and O–H groups in total. The smallest absolute Gasteiger partial charge is 0.0644 e. The van der Waals surface area contributed by atoms with Crippen LogP contribution in [0.25, 0.3) is 91.7 Å². The second-order valence-electron chi connectivity index (χ2n) is 18.9. The van der Waals surface area contributed by atoms with Crippen LogP contribution in [0.2, 0.25) is 0 Å². The van der Waals surface area contributed by atoms with E-state index in [1.807, 2.05) is 60.9 Å². The monoisotopic (exact) mass is 888 g/mol. The number of thiophene rings is 1. The first kappa shape index (κ1) is 37.9. The van der Waals surface area contributed by atoms with E-state index in [4.69, 9.17) is 0 Å². The Labute approximate surface area is 395 Å². The topological polar surface area (TPSA) is 61.4 Å². The Morgan fingerprint density at radius 1 is 0.412 bits per heavy atom. The lowest BCUT2D eigenvalue weighted by Gasteiger charge is -2.30. The Bertz CT molecular complexity index is 4110. The maximum atomic E-state index is 4.64. The van der Waals surface area contributed by atoms with Crippen molar-refractivity contribution in [2.75, 3.05) is 0 Å². The number of benzene rings is 6. The van der Waals surface area contributed by atoms with E-state index < -0.39 is 10.8 Å². The molecule has 7 heteroatoms. The van der Waals surface area contributed by atoms with Crippen LogP contribution in [-0.2, 0) is 17.4 Å². The molecule has 7 aromatic heterocycles. The van der Waals surface area contributed by atoms with E-state index in [0.717, 1.165) is 49.3 Å². The normalized spacial score (nSPS) is 14.3. The third-order valence-electron chi connectivity index (χ3n) is 15.7. The molecule has 0 saturated carbocycles. The van der Waals surface area contributed by atoms with Crippen molar-refractivity contribution < 1.29 is 0 Å². The summed E-state index contributed by atoms with van der Waals surface area (Å²) in [6.45, 7) is 5.57. The average Bonchev–Trinajstić information content (AvgIpc) is 4.17. The molecule has 7 heterocycles. The Morgan fingerprint density at radius 2 is 0.838 bits per heavy atom. The summed E-state index contributed by atoms with van der Waals surface area (Å²) in [5.74, 6) is 0. The van der Waals surface area contributed by atoms with Gasteiger partial charge in [-0.15, -0.1) is 11.3 Å².